The maximum Gasteiger partial charge on any atom is 0.362 e. The van der Waals surface area contributed by atoms with Crippen molar-refractivity contribution in [1.29, 1.82) is 0 Å². The number of unbranched alkanes of at least 4 members (excludes halogenated alkanes) is 24. The van der Waals surface area contributed by atoms with Crippen LogP contribution in [0.15, 0.2) is 0 Å². The zero-order chi connectivity index (χ0) is 37.1. The van der Waals surface area contributed by atoms with Gasteiger partial charge in [0, 0.05) is 19.3 Å². The van der Waals surface area contributed by atoms with Crippen LogP contribution in [0.4, 0.5) is 0 Å². The first-order chi connectivity index (χ1) is 24.1. The molecular weight excluding hydrogens is 630 g/mol. The maximum atomic E-state index is 12.7. The molecular formula is C42H82NO7+. The van der Waals surface area contributed by atoms with E-state index in [0.717, 1.165) is 38.5 Å². The van der Waals surface area contributed by atoms with Crippen molar-refractivity contribution >= 4 is 17.9 Å². The van der Waals surface area contributed by atoms with Crippen molar-refractivity contribution in [2.45, 2.75) is 212 Å². The molecule has 0 amide bonds. The normalized spacial score (nSPS) is 12.9. The third-order valence-corrected chi connectivity index (χ3v) is 9.76. The summed E-state index contributed by atoms with van der Waals surface area (Å²) >= 11 is 0. The van der Waals surface area contributed by atoms with Crippen LogP contribution in [-0.2, 0) is 28.6 Å². The van der Waals surface area contributed by atoms with Crippen LogP contribution in [0.25, 0.3) is 0 Å². The van der Waals surface area contributed by atoms with Gasteiger partial charge in [0.15, 0.2) is 12.1 Å². The first-order valence-electron chi connectivity index (χ1n) is 21.1. The molecule has 0 aromatic rings. The molecule has 0 heterocycles. The summed E-state index contributed by atoms with van der Waals surface area (Å²) in [5.74, 6) is -1.45. The van der Waals surface area contributed by atoms with Gasteiger partial charge in [-0.1, -0.05) is 168 Å². The minimum Gasteiger partial charge on any atom is -0.477 e. The van der Waals surface area contributed by atoms with Crippen molar-refractivity contribution in [3.8, 4) is 0 Å². The van der Waals surface area contributed by atoms with Crippen molar-refractivity contribution in [3.05, 3.63) is 0 Å². The van der Waals surface area contributed by atoms with Gasteiger partial charge >= 0.3 is 17.9 Å². The second-order valence-electron chi connectivity index (χ2n) is 15.6. The Kier molecular flexibility index (Phi) is 33.3. The fourth-order valence-electron chi connectivity index (χ4n) is 6.45. The van der Waals surface area contributed by atoms with Crippen LogP contribution in [-0.4, -0.2) is 80.6 Å². The summed E-state index contributed by atoms with van der Waals surface area (Å²) in [6.07, 6.45) is 32.7. The number of carboxylic acid groups (broad SMARTS) is 1. The van der Waals surface area contributed by atoms with Crippen molar-refractivity contribution in [1.82, 2.24) is 0 Å². The third-order valence-electron chi connectivity index (χ3n) is 9.76. The Morgan fingerprint density at radius 2 is 0.880 bits per heavy atom. The SMILES string of the molecule is CCCCCCCCCCCCCCCCC(=O)OCC(COCCC(C(=O)O)[N+](C)(C)C)OC(=O)CCCCCCCCCCCCCC. The van der Waals surface area contributed by atoms with Gasteiger partial charge in [-0.05, 0) is 12.8 Å². The van der Waals surface area contributed by atoms with Gasteiger partial charge in [-0.3, -0.25) is 9.59 Å². The highest BCUT2D eigenvalue weighted by Gasteiger charge is 2.31. The average Bonchev–Trinajstić information content (AvgIpc) is 3.06. The molecule has 0 bridgehead atoms. The van der Waals surface area contributed by atoms with E-state index >= 15 is 0 Å². The van der Waals surface area contributed by atoms with Gasteiger partial charge in [0.1, 0.15) is 6.61 Å². The third kappa shape index (κ3) is 32.3. The number of likely N-dealkylation sites (N-methyl/N-ethyl adjacent to an activating group) is 1. The number of carboxylic acids is 1. The van der Waals surface area contributed by atoms with Gasteiger partial charge in [0.05, 0.1) is 34.4 Å². The van der Waals surface area contributed by atoms with Crippen molar-refractivity contribution < 1.29 is 38.2 Å². The number of hydrogen-bond donors (Lipinski definition) is 1. The molecule has 0 saturated carbocycles. The molecule has 0 spiro atoms. The summed E-state index contributed by atoms with van der Waals surface area (Å²) in [7, 11) is 5.53. The number of ether oxygens (including phenoxy) is 3. The van der Waals surface area contributed by atoms with Crippen LogP contribution < -0.4 is 0 Å². The van der Waals surface area contributed by atoms with Gasteiger partial charge in [-0.2, -0.15) is 0 Å². The van der Waals surface area contributed by atoms with Crippen LogP contribution >= 0.6 is 0 Å². The molecule has 0 saturated heterocycles. The largest absolute Gasteiger partial charge is 0.477 e. The molecule has 0 aromatic heterocycles. The Labute approximate surface area is 308 Å². The highest BCUT2D eigenvalue weighted by molar-refractivity contribution is 5.72. The molecule has 8 nitrogen and oxygen atoms in total. The van der Waals surface area contributed by atoms with Crippen LogP contribution in [0.5, 0.6) is 0 Å². The first-order valence-corrected chi connectivity index (χ1v) is 21.1. The van der Waals surface area contributed by atoms with E-state index in [4.69, 9.17) is 14.2 Å². The Bertz CT molecular complexity index is 797. The number of quaternary nitrogens is 1. The van der Waals surface area contributed by atoms with E-state index in [2.05, 4.69) is 13.8 Å². The number of carbonyl (C=O) groups excluding carboxylic acids is 2. The lowest BCUT2D eigenvalue weighted by Gasteiger charge is -2.31. The van der Waals surface area contributed by atoms with Gasteiger partial charge in [0.2, 0.25) is 0 Å². The summed E-state index contributed by atoms with van der Waals surface area (Å²) in [4.78, 5) is 36.8. The lowest BCUT2D eigenvalue weighted by Crippen LogP contribution is -2.50. The number of aliphatic carboxylic acids is 1. The number of hydrogen-bond acceptors (Lipinski definition) is 6. The van der Waals surface area contributed by atoms with Crippen LogP contribution in [0.1, 0.15) is 200 Å². The molecule has 0 aromatic carbocycles. The van der Waals surface area contributed by atoms with E-state index in [-0.39, 0.29) is 36.2 Å². The number of esters is 2. The first kappa shape index (κ1) is 48.3. The highest BCUT2D eigenvalue weighted by Crippen LogP contribution is 2.15. The second-order valence-corrected chi connectivity index (χ2v) is 15.6. The zero-order valence-electron chi connectivity index (χ0n) is 33.6. The predicted octanol–water partition coefficient (Wildman–Crippen LogP) is 11.0. The molecule has 0 radical (unpaired) electrons. The van der Waals surface area contributed by atoms with E-state index in [9.17, 15) is 19.5 Å². The monoisotopic (exact) mass is 713 g/mol. The summed E-state index contributed by atoms with van der Waals surface area (Å²) < 4.78 is 17.3. The minimum absolute atomic E-state index is 0.0423. The van der Waals surface area contributed by atoms with Gasteiger partial charge in [-0.25, -0.2) is 4.79 Å². The van der Waals surface area contributed by atoms with Crippen molar-refractivity contribution in [3.63, 3.8) is 0 Å². The van der Waals surface area contributed by atoms with E-state index in [1.807, 2.05) is 21.1 Å². The molecule has 0 aliphatic rings. The van der Waals surface area contributed by atoms with Crippen molar-refractivity contribution in [2.75, 3.05) is 41.0 Å². The van der Waals surface area contributed by atoms with Gasteiger partial charge in [-0.15, -0.1) is 0 Å². The van der Waals surface area contributed by atoms with Crippen LogP contribution in [0.2, 0.25) is 0 Å². The molecule has 296 valence electrons. The van der Waals surface area contributed by atoms with E-state index in [0.29, 0.717) is 19.3 Å². The molecule has 0 aliphatic heterocycles. The maximum absolute atomic E-state index is 12.7. The number of nitrogens with zero attached hydrogens (tertiary/aromatic N) is 1. The van der Waals surface area contributed by atoms with E-state index in [1.165, 1.54) is 128 Å². The molecule has 1 N–H and O–H groups in total. The summed E-state index contributed by atoms with van der Waals surface area (Å²) in [6, 6.07) is -0.607. The Morgan fingerprint density at radius 3 is 1.24 bits per heavy atom. The molecule has 2 unspecified atom stereocenters. The zero-order valence-corrected chi connectivity index (χ0v) is 33.6. The fraction of sp³-hybridized carbons (Fsp3) is 0.929. The van der Waals surface area contributed by atoms with Crippen LogP contribution in [0, 0.1) is 0 Å². The Hall–Kier alpha value is -1.67. The lowest BCUT2D eigenvalue weighted by molar-refractivity contribution is -0.887. The minimum atomic E-state index is -0.871. The second kappa shape index (κ2) is 34.4. The smallest absolute Gasteiger partial charge is 0.362 e. The molecule has 0 fully saturated rings. The topological polar surface area (TPSA) is 99.1 Å². The van der Waals surface area contributed by atoms with Crippen molar-refractivity contribution in [2.24, 2.45) is 0 Å². The average molecular weight is 713 g/mol. The number of carbonyl (C=O) groups is 3. The molecule has 0 rings (SSSR count). The summed E-state index contributed by atoms with van der Waals surface area (Å²) in [5.41, 5.74) is 0. The van der Waals surface area contributed by atoms with E-state index < -0.39 is 18.1 Å². The summed E-state index contributed by atoms with van der Waals surface area (Å²) in [5, 5.41) is 9.59. The Morgan fingerprint density at radius 1 is 0.520 bits per heavy atom. The molecule has 8 heteroatoms. The Balaban J connectivity index is 4.33. The highest BCUT2D eigenvalue weighted by atomic mass is 16.6. The van der Waals surface area contributed by atoms with Crippen LogP contribution in [0.3, 0.4) is 0 Å². The van der Waals surface area contributed by atoms with E-state index in [1.54, 1.807) is 0 Å². The predicted molar refractivity (Wildman–Crippen MR) is 206 cm³/mol. The van der Waals surface area contributed by atoms with Gasteiger partial charge in [0.25, 0.3) is 0 Å². The lowest BCUT2D eigenvalue weighted by atomic mass is 10.0. The molecule has 50 heavy (non-hydrogen) atoms. The molecule has 0 aliphatic carbocycles. The molecule has 2 atom stereocenters. The quantitative estimate of drug-likeness (QED) is 0.0386. The number of rotatable bonds is 38. The standard InChI is InChI=1S/C42H81NO7/c1-6-8-10-12-14-16-18-20-21-23-24-26-28-30-32-40(44)49-37-38(36-48-35-34-39(42(46)47)43(3,4)5)50-41(45)33-31-29-27-25-22-19-17-15-13-11-9-7-2/h38-39H,6-37H2,1-5H3/p+1. The summed E-state index contributed by atoms with van der Waals surface area (Å²) in [6.45, 7) is 4.75. The van der Waals surface area contributed by atoms with Gasteiger partial charge < -0.3 is 23.8 Å². The fourth-order valence-corrected chi connectivity index (χ4v) is 6.45.